The van der Waals surface area contributed by atoms with Crippen LogP contribution in [0.5, 0.6) is 0 Å². The number of hydrogen-bond acceptors (Lipinski definition) is 4. The van der Waals surface area contributed by atoms with Crippen LogP contribution in [-0.4, -0.2) is 51.4 Å². The van der Waals surface area contributed by atoms with Crippen molar-refractivity contribution in [2.75, 3.05) is 13.1 Å². The average Bonchev–Trinajstić information content (AvgIpc) is 3.12. The van der Waals surface area contributed by atoms with Gasteiger partial charge in [-0.1, -0.05) is 45.9 Å². The Labute approximate surface area is 177 Å². The number of carbonyl (C=O) groups excluding carboxylic acids is 2. The van der Waals surface area contributed by atoms with Gasteiger partial charge in [0.2, 0.25) is 6.04 Å². The van der Waals surface area contributed by atoms with Crippen LogP contribution in [0.4, 0.5) is 0 Å². The molecule has 30 heavy (non-hydrogen) atoms. The Kier molecular flexibility index (Phi) is 6.09. The van der Waals surface area contributed by atoms with E-state index >= 15 is 0 Å². The molecule has 3 rings (SSSR count). The maximum absolute atomic E-state index is 13.6. The summed E-state index contributed by atoms with van der Waals surface area (Å²) >= 11 is 0. The van der Waals surface area contributed by atoms with Gasteiger partial charge in [0, 0.05) is 23.4 Å². The number of nitrogens with zero attached hydrogens (tertiary/aromatic N) is 2. The minimum atomic E-state index is -1.03. The van der Waals surface area contributed by atoms with E-state index in [0.717, 1.165) is 16.5 Å². The van der Waals surface area contributed by atoms with Crippen LogP contribution >= 0.6 is 0 Å². The zero-order valence-corrected chi connectivity index (χ0v) is 18.2. The third-order valence-electron chi connectivity index (χ3n) is 6.81. The second-order valence-electron chi connectivity index (χ2n) is 8.95. The topological polar surface area (TPSA) is 84.3 Å². The molecular formula is C24H31N2O4+. The molecule has 2 heterocycles. The molecule has 2 aromatic rings. The van der Waals surface area contributed by atoms with E-state index in [4.69, 9.17) is 0 Å². The first-order valence-electron chi connectivity index (χ1n) is 10.7. The Morgan fingerprint density at radius 2 is 1.87 bits per heavy atom. The number of rotatable bonds is 7. The highest BCUT2D eigenvalue weighted by Crippen LogP contribution is 2.43. The molecule has 0 aliphatic carbocycles. The largest absolute Gasteiger partial charge is 0.477 e. The van der Waals surface area contributed by atoms with E-state index in [0.29, 0.717) is 32.4 Å². The van der Waals surface area contributed by atoms with Gasteiger partial charge in [-0.2, -0.15) is 0 Å². The Bertz CT molecular complexity index is 979. The molecule has 1 N–H and O–H groups in total. The van der Waals surface area contributed by atoms with E-state index in [1.54, 1.807) is 20.0 Å². The summed E-state index contributed by atoms with van der Waals surface area (Å²) in [7, 11) is 0. The van der Waals surface area contributed by atoms with Crippen molar-refractivity contribution in [3.63, 3.8) is 0 Å². The summed E-state index contributed by atoms with van der Waals surface area (Å²) in [6.07, 6.45) is 3.38. The minimum Gasteiger partial charge on any atom is -0.477 e. The number of aliphatic carboxylic acids is 1. The molecule has 0 spiro atoms. The molecular weight excluding hydrogens is 380 g/mol. The third kappa shape index (κ3) is 3.54. The van der Waals surface area contributed by atoms with Crippen LogP contribution in [-0.2, 0) is 14.4 Å². The number of pyridine rings is 1. The molecule has 2 unspecified atom stereocenters. The van der Waals surface area contributed by atoms with Gasteiger partial charge in [-0.05, 0) is 30.5 Å². The van der Waals surface area contributed by atoms with E-state index in [9.17, 15) is 19.5 Å². The molecule has 0 saturated carbocycles. The number of likely N-dealkylation sites (tertiary alicyclic amines) is 1. The van der Waals surface area contributed by atoms with Crippen LogP contribution in [0.3, 0.4) is 0 Å². The van der Waals surface area contributed by atoms with Gasteiger partial charge in [-0.15, -0.1) is 0 Å². The van der Waals surface area contributed by atoms with Gasteiger partial charge in [0.25, 0.3) is 5.78 Å². The number of carboxylic acid groups (broad SMARTS) is 1. The number of hydrogen-bond donors (Lipinski definition) is 1. The first kappa shape index (κ1) is 22.1. The van der Waals surface area contributed by atoms with Crippen molar-refractivity contribution in [1.29, 1.82) is 0 Å². The predicted octanol–water partition coefficient (Wildman–Crippen LogP) is 3.93. The van der Waals surface area contributed by atoms with Crippen LogP contribution in [0.25, 0.3) is 10.9 Å². The smallest absolute Gasteiger partial charge is 0.383 e. The van der Waals surface area contributed by atoms with Crippen molar-refractivity contribution in [2.24, 2.45) is 5.41 Å². The van der Waals surface area contributed by atoms with Crippen molar-refractivity contribution >= 4 is 28.6 Å². The fourth-order valence-corrected chi connectivity index (χ4v) is 4.79. The molecule has 0 radical (unpaired) electrons. The van der Waals surface area contributed by atoms with Gasteiger partial charge >= 0.3 is 11.9 Å². The van der Waals surface area contributed by atoms with Crippen molar-refractivity contribution < 1.29 is 24.0 Å². The number of carboxylic acids is 1. The van der Waals surface area contributed by atoms with Crippen molar-refractivity contribution in [3.05, 3.63) is 42.1 Å². The number of quaternary nitrogens is 1. The van der Waals surface area contributed by atoms with E-state index in [2.05, 4.69) is 4.98 Å². The first-order chi connectivity index (χ1) is 14.2. The van der Waals surface area contributed by atoms with Crippen LogP contribution < -0.4 is 0 Å². The van der Waals surface area contributed by atoms with Gasteiger partial charge in [0.1, 0.15) is 0 Å². The Hall–Kier alpha value is -2.60. The van der Waals surface area contributed by atoms with E-state index in [1.165, 1.54) is 0 Å². The molecule has 6 heteroatoms. The summed E-state index contributed by atoms with van der Waals surface area (Å²) in [5, 5.41) is 11.2. The van der Waals surface area contributed by atoms with Gasteiger partial charge in [0.05, 0.1) is 24.5 Å². The second kappa shape index (κ2) is 8.26. The number of ketones is 1. The maximum atomic E-state index is 13.6. The Balaban J connectivity index is 2.13. The molecule has 3 atom stereocenters. The van der Waals surface area contributed by atoms with Gasteiger partial charge in [-0.25, -0.2) is 14.1 Å². The number of para-hydroxylation sites is 1. The van der Waals surface area contributed by atoms with Gasteiger partial charge in [-0.3, -0.25) is 9.78 Å². The summed E-state index contributed by atoms with van der Waals surface area (Å²) in [6.45, 7) is 8.03. The van der Waals surface area contributed by atoms with Crippen LogP contribution in [0.15, 0.2) is 36.5 Å². The van der Waals surface area contributed by atoms with Crippen LogP contribution in [0, 0.1) is 5.41 Å². The highest BCUT2D eigenvalue weighted by Gasteiger charge is 2.60. The molecule has 1 aliphatic heterocycles. The quantitative estimate of drug-likeness (QED) is 0.551. The standard InChI is InChI=1S/C24H30N2O4/c1-5-14-26(22(28)21(27)24(3,4)6-2)15-12-18(20(26)23(29)30)16-11-13-25-19-10-8-7-9-17(16)19/h7-11,13,18,20H,5-6,12,14-15H2,1-4H3/p+1/t18?,20-,26?/m0/s1. The fraction of sp³-hybridized carbons (Fsp3) is 0.500. The van der Waals surface area contributed by atoms with Crippen molar-refractivity contribution in [1.82, 2.24) is 4.98 Å². The number of carbonyl (C=O) groups is 3. The maximum Gasteiger partial charge on any atom is 0.383 e. The summed E-state index contributed by atoms with van der Waals surface area (Å²) in [5.74, 6) is -2.41. The van der Waals surface area contributed by atoms with Gasteiger partial charge in [0.15, 0.2) is 0 Å². The summed E-state index contributed by atoms with van der Waals surface area (Å²) in [4.78, 5) is 43.6. The van der Waals surface area contributed by atoms with Crippen molar-refractivity contribution in [3.8, 4) is 0 Å². The molecule has 1 fully saturated rings. The highest BCUT2D eigenvalue weighted by atomic mass is 16.4. The second-order valence-corrected chi connectivity index (χ2v) is 8.95. The summed E-state index contributed by atoms with van der Waals surface area (Å²) in [6, 6.07) is 8.52. The minimum absolute atomic E-state index is 0.296. The zero-order valence-electron chi connectivity index (χ0n) is 18.2. The lowest BCUT2D eigenvalue weighted by molar-refractivity contribution is -0.855. The van der Waals surface area contributed by atoms with E-state index in [1.807, 2.05) is 44.2 Å². The monoisotopic (exact) mass is 411 g/mol. The third-order valence-corrected chi connectivity index (χ3v) is 6.81. The van der Waals surface area contributed by atoms with Crippen LogP contribution in [0.1, 0.15) is 58.4 Å². The molecule has 1 aliphatic rings. The lowest BCUT2D eigenvalue weighted by Crippen LogP contribution is -2.63. The number of fused-ring (bicyclic) bond motifs is 1. The highest BCUT2D eigenvalue weighted by molar-refractivity contribution is 6.35. The Morgan fingerprint density at radius 1 is 1.17 bits per heavy atom. The summed E-state index contributed by atoms with van der Waals surface area (Å²) in [5.41, 5.74) is 0.883. The molecule has 1 saturated heterocycles. The van der Waals surface area contributed by atoms with Crippen LogP contribution in [0.2, 0.25) is 0 Å². The zero-order chi connectivity index (χ0) is 22.1. The molecule has 1 aromatic carbocycles. The van der Waals surface area contributed by atoms with Crippen molar-refractivity contribution in [2.45, 2.75) is 58.9 Å². The number of aromatic nitrogens is 1. The normalized spacial score (nSPS) is 24.1. The molecule has 1 aromatic heterocycles. The fourth-order valence-electron chi connectivity index (χ4n) is 4.79. The first-order valence-corrected chi connectivity index (χ1v) is 10.7. The average molecular weight is 412 g/mol. The van der Waals surface area contributed by atoms with E-state index in [-0.39, 0.29) is 10.4 Å². The lowest BCUT2D eigenvalue weighted by Gasteiger charge is -2.37. The molecule has 160 valence electrons. The lowest BCUT2D eigenvalue weighted by atomic mass is 9.83. The number of amides is 1. The molecule has 1 amide bonds. The van der Waals surface area contributed by atoms with E-state index < -0.39 is 29.1 Å². The summed E-state index contributed by atoms with van der Waals surface area (Å²) < 4.78 is -0.296. The molecule has 6 nitrogen and oxygen atoms in total. The molecule has 0 bridgehead atoms. The number of Topliss-reactive ketones (excluding diaryl/α,β-unsaturated/α-hetero) is 1. The number of benzene rings is 1. The predicted molar refractivity (Wildman–Crippen MR) is 115 cm³/mol. The van der Waals surface area contributed by atoms with Gasteiger partial charge < -0.3 is 5.11 Å². The Morgan fingerprint density at radius 3 is 2.50 bits per heavy atom. The SMILES string of the molecule is CCC[N+]1(C(=O)C(=O)C(C)(C)CC)CCC(c2ccnc3ccccc23)[C@H]1C(=O)O.